The number of fused-ring (bicyclic) bond motifs is 1. The maximum Gasteiger partial charge on any atom is 0.231 e. The molecule has 1 atom stereocenters. The minimum atomic E-state index is -0.714. The summed E-state index contributed by atoms with van der Waals surface area (Å²) in [5, 5.41) is 9.60. The first-order valence-corrected chi connectivity index (χ1v) is 4.62. The van der Waals surface area contributed by atoms with Crippen LogP contribution in [0.15, 0.2) is 12.1 Å². The van der Waals surface area contributed by atoms with E-state index in [1.165, 1.54) is 7.11 Å². The van der Waals surface area contributed by atoms with Gasteiger partial charge in [0, 0.05) is 6.54 Å². The van der Waals surface area contributed by atoms with Gasteiger partial charge in [0.15, 0.2) is 11.5 Å². The van der Waals surface area contributed by atoms with Crippen LogP contribution < -0.4 is 19.9 Å². The van der Waals surface area contributed by atoms with Crippen molar-refractivity contribution in [3.8, 4) is 17.2 Å². The molecule has 1 aliphatic heterocycles. The van der Waals surface area contributed by atoms with Gasteiger partial charge in [0.25, 0.3) is 0 Å². The minimum Gasteiger partial charge on any atom is -0.493 e. The van der Waals surface area contributed by atoms with Crippen LogP contribution in [-0.4, -0.2) is 25.6 Å². The number of methoxy groups -OCH3 is 1. The fourth-order valence-electron chi connectivity index (χ4n) is 1.48. The summed E-state index contributed by atoms with van der Waals surface area (Å²) < 4.78 is 15.6. The highest BCUT2D eigenvalue weighted by Gasteiger charge is 2.21. The Bertz CT molecular complexity index is 367. The molecule has 0 spiro atoms. The molecular weight excluding hydrogens is 198 g/mol. The van der Waals surface area contributed by atoms with Gasteiger partial charge in [0.05, 0.1) is 13.2 Å². The van der Waals surface area contributed by atoms with E-state index in [9.17, 15) is 5.11 Å². The van der Waals surface area contributed by atoms with Gasteiger partial charge in [0.1, 0.15) is 0 Å². The molecule has 2 rings (SSSR count). The van der Waals surface area contributed by atoms with Crippen LogP contribution in [0.4, 0.5) is 0 Å². The first kappa shape index (κ1) is 10.1. The summed E-state index contributed by atoms with van der Waals surface area (Å²) in [6.45, 7) is 0.330. The number of benzene rings is 1. The van der Waals surface area contributed by atoms with Crippen molar-refractivity contribution in [1.29, 1.82) is 0 Å². The van der Waals surface area contributed by atoms with Crippen molar-refractivity contribution in [2.45, 2.75) is 6.10 Å². The molecule has 0 aliphatic carbocycles. The second-order valence-corrected chi connectivity index (χ2v) is 3.21. The topological polar surface area (TPSA) is 73.9 Å². The molecule has 0 saturated heterocycles. The zero-order chi connectivity index (χ0) is 10.8. The smallest absolute Gasteiger partial charge is 0.231 e. The van der Waals surface area contributed by atoms with Crippen molar-refractivity contribution in [3.63, 3.8) is 0 Å². The highest BCUT2D eigenvalue weighted by Crippen LogP contribution is 2.42. The Morgan fingerprint density at radius 3 is 3.00 bits per heavy atom. The van der Waals surface area contributed by atoms with Crippen LogP contribution in [0.25, 0.3) is 0 Å². The third kappa shape index (κ3) is 1.71. The SMILES string of the molecule is COc1cc(C(O)CN)cc2c1OCO2. The van der Waals surface area contributed by atoms with Gasteiger partial charge in [0.2, 0.25) is 12.5 Å². The van der Waals surface area contributed by atoms with E-state index < -0.39 is 6.10 Å². The lowest BCUT2D eigenvalue weighted by Crippen LogP contribution is -2.11. The third-order valence-electron chi connectivity index (χ3n) is 2.29. The predicted molar refractivity (Wildman–Crippen MR) is 53.1 cm³/mol. The first-order valence-electron chi connectivity index (χ1n) is 4.62. The molecule has 5 nitrogen and oxygen atoms in total. The number of aliphatic hydroxyl groups excluding tert-OH is 1. The number of aliphatic hydroxyl groups is 1. The van der Waals surface area contributed by atoms with Gasteiger partial charge >= 0.3 is 0 Å². The van der Waals surface area contributed by atoms with Gasteiger partial charge in [-0.1, -0.05) is 0 Å². The number of rotatable bonds is 3. The lowest BCUT2D eigenvalue weighted by molar-refractivity contribution is 0.170. The Labute approximate surface area is 87.4 Å². The average molecular weight is 211 g/mol. The molecule has 1 unspecified atom stereocenters. The van der Waals surface area contributed by atoms with E-state index in [1.807, 2.05) is 0 Å². The molecule has 0 radical (unpaired) electrons. The summed E-state index contributed by atoms with van der Waals surface area (Å²) in [6.07, 6.45) is -0.714. The molecule has 0 saturated carbocycles. The lowest BCUT2D eigenvalue weighted by atomic mass is 10.1. The Balaban J connectivity index is 2.43. The number of nitrogens with two attached hydrogens (primary N) is 1. The molecule has 3 N–H and O–H groups in total. The van der Waals surface area contributed by atoms with Gasteiger partial charge in [-0.3, -0.25) is 0 Å². The molecule has 0 amide bonds. The van der Waals surface area contributed by atoms with Crippen molar-refractivity contribution >= 4 is 0 Å². The largest absolute Gasteiger partial charge is 0.493 e. The molecule has 5 heteroatoms. The third-order valence-corrected chi connectivity index (χ3v) is 2.29. The minimum absolute atomic E-state index is 0.156. The second kappa shape index (κ2) is 3.96. The zero-order valence-corrected chi connectivity index (χ0v) is 8.40. The number of ether oxygens (including phenoxy) is 3. The highest BCUT2D eigenvalue weighted by molar-refractivity contribution is 5.55. The molecule has 0 aromatic heterocycles. The van der Waals surface area contributed by atoms with Crippen LogP contribution in [0.2, 0.25) is 0 Å². The van der Waals surface area contributed by atoms with E-state index in [4.69, 9.17) is 19.9 Å². The monoisotopic (exact) mass is 211 g/mol. The molecule has 1 heterocycles. The van der Waals surface area contributed by atoms with Crippen LogP contribution in [0.1, 0.15) is 11.7 Å². The fourth-order valence-corrected chi connectivity index (χ4v) is 1.48. The van der Waals surface area contributed by atoms with Crippen molar-refractivity contribution in [1.82, 2.24) is 0 Å². The molecule has 0 bridgehead atoms. The highest BCUT2D eigenvalue weighted by atomic mass is 16.7. The van der Waals surface area contributed by atoms with E-state index in [0.29, 0.717) is 22.8 Å². The van der Waals surface area contributed by atoms with Gasteiger partial charge in [-0.15, -0.1) is 0 Å². The molecule has 82 valence electrons. The predicted octanol–water partition coefficient (Wildman–Crippen LogP) is 0.416. The second-order valence-electron chi connectivity index (χ2n) is 3.21. The number of hydrogen-bond acceptors (Lipinski definition) is 5. The standard InChI is InChI=1S/C10H13NO4/c1-13-8-2-6(7(12)4-11)3-9-10(8)15-5-14-9/h2-3,7,12H,4-5,11H2,1H3. The number of hydrogen-bond donors (Lipinski definition) is 2. The van der Waals surface area contributed by atoms with E-state index in [1.54, 1.807) is 12.1 Å². The summed E-state index contributed by atoms with van der Waals surface area (Å²) >= 11 is 0. The Morgan fingerprint density at radius 1 is 1.53 bits per heavy atom. The molecule has 1 aromatic carbocycles. The van der Waals surface area contributed by atoms with Crippen LogP contribution in [0.3, 0.4) is 0 Å². The van der Waals surface area contributed by atoms with E-state index in [0.717, 1.165) is 0 Å². The van der Waals surface area contributed by atoms with Crippen LogP contribution in [-0.2, 0) is 0 Å². The maximum absolute atomic E-state index is 9.60. The lowest BCUT2D eigenvalue weighted by Gasteiger charge is -2.11. The Morgan fingerprint density at radius 2 is 2.33 bits per heavy atom. The Kier molecular flexibility index (Phi) is 2.66. The van der Waals surface area contributed by atoms with Crippen LogP contribution in [0, 0.1) is 0 Å². The van der Waals surface area contributed by atoms with Crippen molar-refractivity contribution < 1.29 is 19.3 Å². The Hall–Kier alpha value is -1.46. The zero-order valence-electron chi connectivity index (χ0n) is 8.40. The summed E-state index contributed by atoms with van der Waals surface area (Å²) in [4.78, 5) is 0. The van der Waals surface area contributed by atoms with E-state index >= 15 is 0 Å². The first-order chi connectivity index (χ1) is 7.26. The van der Waals surface area contributed by atoms with Crippen LogP contribution in [0.5, 0.6) is 17.2 Å². The van der Waals surface area contributed by atoms with Crippen molar-refractivity contribution in [2.75, 3.05) is 20.4 Å². The molecule has 15 heavy (non-hydrogen) atoms. The van der Waals surface area contributed by atoms with Crippen LogP contribution >= 0.6 is 0 Å². The van der Waals surface area contributed by atoms with Crippen molar-refractivity contribution in [3.05, 3.63) is 17.7 Å². The fraction of sp³-hybridized carbons (Fsp3) is 0.400. The average Bonchev–Trinajstić information content (AvgIpc) is 2.74. The summed E-state index contributed by atoms with van der Waals surface area (Å²) in [5.74, 6) is 1.70. The van der Waals surface area contributed by atoms with Crippen molar-refractivity contribution in [2.24, 2.45) is 5.73 Å². The summed E-state index contributed by atoms with van der Waals surface area (Å²) in [5.41, 5.74) is 6.04. The molecule has 1 aliphatic rings. The molecule has 0 fully saturated rings. The van der Waals surface area contributed by atoms with Gasteiger partial charge < -0.3 is 25.1 Å². The normalized spacial score (nSPS) is 15.1. The van der Waals surface area contributed by atoms with Gasteiger partial charge in [-0.05, 0) is 17.7 Å². The van der Waals surface area contributed by atoms with Gasteiger partial charge in [-0.25, -0.2) is 0 Å². The molecular formula is C10H13NO4. The van der Waals surface area contributed by atoms with E-state index in [2.05, 4.69) is 0 Å². The summed E-state index contributed by atoms with van der Waals surface area (Å²) in [7, 11) is 1.54. The maximum atomic E-state index is 9.60. The van der Waals surface area contributed by atoms with Gasteiger partial charge in [-0.2, -0.15) is 0 Å². The molecule has 1 aromatic rings. The van der Waals surface area contributed by atoms with E-state index in [-0.39, 0.29) is 13.3 Å². The quantitative estimate of drug-likeness (QED) is 0.757. The summed E-state index contributed by atoms with van der Waals surface area (Å²) in [6, 6.07) is 3.41.